The predicted molar refractivity (Wildman–Crippen MR) is 51.8 cm³/mol. The van der Waals surface area contributed by atoms with E-state index in [2.05, 4.69) is 4.98 Å². The van der Waals surface area contributed by atoms with Gasteiger partial charge in [-0.25, -0.2) is 13.8 Å². The lowest BCUT2D eigenvalue weighted by atomic mass is 10.0. The van der Waals surface area contributed by atoms with Crippen molar-refractivity contribution in [2.75, 3.05) is 7.11 Å². The average Bonchev–Trinajstić information content (AvgIpc) is 2.26. The van der Waals surface area contributed by atoms with Crippen LogP contribution in [-0.2, 0) is 11.2 Å². The van der Waals surface area contributed by atoms with Crippen LogP contribution in [-0.4, -0.2) is 23.2 Å². The molecule has 1 rings (SSSR count). The largest absolute Gasteiger partial charge is 0.481 e. The van der Waals surface area contributed by atoms with E-state index in [0.717, 1.165) is 6.07 Å². The first-order chi connectivity index (χ1) is 7.99. The van der Waals surface area contributed by atoms with Crippen LogP contribution in [0.4, 0.5) is 8.78 Å². The van der Waals surface area contributed by atoms with E-state index in [4.69, 9.17) is 15.1 Å². The van der Waals surface area contributed by atoms with Crippen LogP contribution in [0.2, 0.25) is 0 Å². The SMILES string of the molecule is COc1cc(CC(=O)O)c(C(F)F)c(C#N)n1. The van der Waals surface area contributed by atoms with Crippen molar-refractivity contribution in [1.29, 1.82) is 5.26 Å². The molecule has 0 radical (unpaired) electrons. The Hall–Kier alpha value is -2.23. The Labute approximate surface area is 95.3 Å². The maximum absolute atomic E-state index is 12.7. The molecule has 0 aromatic carbocycles. The summed E-state index contributed by atoms with van der Waals surface area (Å²) in [7, 11) is 1.25. The second-order valence-electron chi connectivity index (χ2n) is 3.07. The van der Waals surface area contributed by atoms with Gasteiger partial charge in [0.2, 0.25) is 5.88 Å². The number of aliphatic carboxylic acids is 1. The Morgan fingerprint density at radius 2 is 2.35 bits per heavy atom. The van der Waals surface area contributed by atoms with E-state index in [1.807, 2.05) is 0 Å². The van der Waals surface area contributed by atoms with E-state index in [1.54, 1.807) is 0 Å². The molecule has 0 aliphatic heterocycles. The first-order valence-electron chi connectivity index (χ1n) is 4.47. The minimum Gasteiger partial charge on any atom is -0.481 e. The van der Waals surface area contributed by atoms with E-state index >= 15 is 0 Å². The molecular weight excluding hydrogens is 234 g/mol. The predicted octanol–water partition coefficient (Wildman–Crippen LogP) is 1.53. The van der Waals surface area contributed by atoms with Crippen LogP contribution >= 0.6 is 0 Å². The molecule has 0 saturated heterocycles. The van der Waals surface area contributed by atoms with Gasteiger partial charge in [-0.1, -0.05) is 0 Å². The summed E-state index contributed by atoms with van der Waals surface area (Å²) in [5, 5.41) is 17.3. The molecule has 0 spiro atoms. The Morgan fingerprint density at radius 1 is 1.71 bits per heavy atom. The molecule has 1 aromatic heterocycles. The number of alkyl halides is 2. The molecule has 0 fully saturated rings. The highest BCUT2D eigenvalue weighted by Crippen LogP contribution is 2.28. The van der Waals surface area contributed by atoms with Gasteiger partial charge in [0.1, 0.15) is 6.07 Å². The third-order valence-electron chi connectivity index (χ3n) is 2.00. The number of carboxylic acid groups (broad SMARTS) is 1. The molecule has 0 bridgehead atoms. The number of nitrogens with zero attached hydrogens (tertiary/aromatic N) is 2. The minimum atomic E-state index is -2.96. The number of rotatable bonds is 4. The lowest BCUT2D eigenvalue weighted by Gasteiger charge is -2.10. The molecule has 1 N–H and O–H groups in total. The fourth-order valence-corrected chi connectivity index (χ4v) is 1.32. The van der Waals surface area contributed by atoms with Crippen molar-refractivity contribution < 1.29 is 23.4 Å². The Balaban J connectivity index is 3.41. The molecule has 90 valence electrons. The highest BCUT2D eigenvalue weighted by Gasteiger charge is 2.22. The number of nitriles is 1. The minimum absolute atomic E-state index is 0.0674. The van der Waals surface area contributed by atoms with Crippen LogP contribution in [0.25, 0.3) is 0 Å². The lowest BCUT2D eigenvalue weighted by Crippen LogP contribution is -2.08. The molecule has 0 amide bonds. The van der Waals surface area contributed by atoms with Crippen LogP contribution in [0.5, 0.6) is 5.88 Å². The number of halogens is 2. The topological polar surface area (TPSA) is 83.2 Å². The Kier molecular flexibility index (Phi) is 3.93. The van der Waals surface area contributed by atoms with Crippen molar-refractivity contribution in [3.05, 3.63) is 22.9 Å². The number of hydrogen-bond acceptors (Lipinski definition) is 4. The molecule has 1 heterocycles. The highest BCUT2D eigenvalue weighted by atomic mass is 19.3. The summed E-state index contributed by atoms with van der Waals surface area (Å²) in [5.74, 6) is -1.34. The number of ether oxygens (including phenoxy) is 1. The van der Waals surface area contributed by atoms with Gasteiger partial charge in [0.15, 0.2) is 5.69 Å². The van der Waals surface area contributed by atoms with Crippen molar-refractivity contribution in [3.63, 3.8) is 0 Å². The van der Waals surface area contributed by atoms with Crippen LogP contribution in [0.3, 0.4) is 0 Å². The molecule has 0 aliphatic rings. The second kappa shape index (κ2) is 5.21. The van der Waals surface area contributed by atoms with Crippen molar-refractivity contribution in [3.8, 4) is 11.9 Å². The van der Waals surface area contributed by atoms with Crippen LogP contribution in [0.1, 0.15) is 23.2 Å². The normalized spacial score (nSPS) is 10.1. The zero-order valence-electron chi connectivity index (χ0n) is 8.78. The second-order valence-corrected chi connectivity index (χ2v) is 3.07. The summed E-state index contributed by atoms with van der Waals surface area (Å²) in [5.41, 5.74) is -1.35. The molecule has 5 nitrogen and oxygen atoms in total. The summed E-state index contributed by atoms with van der Waals surface area (Å²) < 4.78 is 30.2. The van der Waals surface area contributed by atoms with E-state index in [-0.39, 0.29) is 11.4 Å². The molecule has 1 aromatic rings. The van der Waals surface area contributed by atoms with Gasteiger partial charge in [0.05, 0.1) is 19.1 Å². The van der Waals surface area contributed by atoms with Gasteiger partial charge >= 0.3 is 5.97 Å². The third-order valence-corrected chi connectivity index (χ3v) is 2.00. The average molecular weight is 242 g/mol. The van der Waals surface area contributed by atoms with E-state index in [1.165, 1.54) is 13.2 Å². The van der Waals surface area contributed by atoms with Crippen LogP contribution < -0.4 is 4.74 Å². The van der Waals surface area contributed by atoms with Crippen molar-refractivity contribution in [2.24, 2.45) is 0 Å². The molecule has 0 saturated carbocycles. The zero-order valence-corrected chi connectivity index (χ0v) is 8.78. The van der Waals surface area contributed by atoms with Gasteiger partial charge in [-0.15, -0.1) is 0 Å². The summed E-state index contributed by atoms with van der Waals surface area (Å²) in [4.78, 5) is 14.1. The van der Waals surface area contributed by atoms with Gasteiger partial charge in [-0.3, -0.25) is 4.79 Å². The summed E-state index contributed by atoms with van der Waals surface area (Å²) >= 11 is 0. The quantitative estimate of drug-likeness (QED) is 0.865. The van der Waals surface area contributed by atoms with Gasteiger partial charge in [-0.05, 0) is 5.56 Å². The molecule has 0 unspecified atom stereocenters. The fraction of sp³-hybridized carbons (Fsp3) is 0.300. The number of pyridine rings is 1. The van der Waals surface area contributed by atoms with Crippen molar-refractivity contribution >= 4 is 5.97 Å². The number of hydrogen-bond donors (Lipinski definition) is 1. The number of carboxylic acids is 1. The molecule has 0 atom stereocenters. The molecule has 17 heavy (non-hydrogen) atoms. The first kappa shape index (κ1) is 12.8. The highest BCUT2D eigenvalue weighted by molar-refractivity contribution is 5.71. The van der Waals surface area contributed by atoms with Crippen molar-refractivity contribution in [1.82, 2.24) is 4.98 Å². The number of aromatic nitrogens is 1. The molecule has 0 aliphatic carbocycles. The Morgan fingerprint density at radius 3 is 2.76 bits per heavy atom. The first-order valence-corrected chi connectivity index (χ1v) is 4.47. The number of methoxy groups -OCH3 is 1. The maximum Gasteiger partial charge on any atom is 0.307 e. The maximum atomic E-state index is 12.7. The van der Waals surface area contributed by atoms with E-state index < -0.39 is 30.1 Å². The van der Waals surface area contributed by atoms with E-state index in [9.17, 15) is 13.6 Å². The fourth-order valence-electron chi connectivity index (χ4n) is 1.32. The van der Waals surface area contributed by atoms with Gasteiger partial charge in [0, 0.05) is 6.07 Å². The van der Waals surface area contributed by atoms with Gasteiger partial charge < -0.3 is 9.84 Å². The summed E-state index contributed by atoms with van der Waals surface area (Å²) in [6.07, 6.45) is -3.58. The van der Waals surface area contributed by atoms with Gasteiger partial charge in [-0.2, -0.15) is 5.26 Å². The van der Waals surface area contributed by atoms with Crippen molar-refractivity contribution in [2.45, 2.75) is 12.8 Å². The summed E-state index contributed by atoms with van der Waals surface area (Å²) in [6, 6.07) is 2.59. The lowest BCUT2D eigenvalue weighted by molar-refractivity contribution is -0.136. The summed E-state index contributed by atoms with van der Waals surface area (Å²) in [6.45, 7) is 0. The number of carbonyl (C=O) groups is 1. The molecular formula is C10H8F2N2O3. The monoisotopic (exact) mass is 242 g/mol. The van der Waals surface area contributed by atoms with E-state index in [0.29, 0.717) is 0 Å². The zero-order chi connectivity index (χ0) is 13.0. The van der Waals surface area contributed by atoms with Crippen LogP contribution in [0.15, 0.2) is 6.07 Å². The van der Waals surface area contributed by atoms with Crippen LogP contribution in [0, 0.1) is 11.3 Å². The third kappa shape index (κ3) is 2.87. The van der Waals surface area contributed by atoms with Gasteiger partial charge in [0.25, 0.3) is 6.43 Å². The Bertz CT molecular complexity index is 483. The standard InChI is InChI=1S/C10H8F2N2O3/c1-17-7-2-5(3-8(15)16)9(10(11)12)6(4-13)14-7/h2,10H,3H2,1H3,(H,15,16). The smallest absolute Gasteiger partial charge is 0.307 e. The molecule has 7 heteroatoms.